The molecule has 0 radical (unpaired) electrons. The van der Waals surface area contributed by atoms with E-state index in [-0.39, 0.29) is 31.3 Å². The Morgan fingerprint density at radius 2 is 1.82 bits per heavy atom. The lowest BCUT2D eigenvalue weighted by Gasteiger charge is -2.30. The third kappa shape index (κ3) is 5.21. The van der Waals surface area contributed by atoms with Crippen LogP contribution >= 0.6 is 23.2 Å². The van der Waals surface area contributed by atoms with Gasteiger partial charge in [0, 0.05) is 18.0 Å². The van der Waals surface area contributed by atoms with Gasteiger partial charge in [-0.15, -0.1) is 4.40 Å². The van der Waals surface area contributed by atoms with Crippen LogP contribution in [0, 0.1) is 0 Å². The van der Waals surface area contributed by atoms with E-state index in [0.717, 1.165) is 11.1 Å². The van der Waals surface area contributed by atoms with Gasteiger partial charge in [-0.2, -0.15) is 17.8 Å². The van der Waals surface area contributed by atoms with Crippen molar-refractivity contribution in [3.8, 4) is 0 Å². The Morgan fingerprint density at radius 3 is 2.45 bits per heavy atom. The Hall–Kier alpha value is -2.07. The van der Waals surface area contributed by atoms with E-state index in [9.17, 15) is 17.2 Å². The van der Waals surface area contributed by atoms with Crippen LogP contribution in [-0.4, -0.2) is 53.8 Å². The first-order valence-electron chi connectivity index (χ1n) is 10.4. The molecule has 0 N–H and O–H groups in total. The number of nitrogens with zero attached hydrogens (tertiary/aromatic N) is 4. The molecule has 2 heterocycles. The molecule has 33 heavy (non-hydrogen) atoms. The van der Waals surface area contributed by atoms with Crippen LogP contribution in [0.1, 0.15) is 36.8 Å². The van der Waals surface area contributed by atoms with Crippen molar-refractivity contribution in [1.82, 2.24) is 9.31 Å². The number of alkyl halides is 2. The second-order valence-corrected chi connectivity index (χ2v) is 10.5. The Morgan fingerprint density at radius 1 is 1.15 bits per heavy atom. The van der Waals surface area contributed by atoms with Crippen molar-refractivity contribution in [2.75, 3.05) is 13.1 Å². The third-order valence-corrected chi connectivity index (χ3v) is 7.72. The first-order valence-corrected chi connectivity index (χ1v) is 12.5. The van der Waals surface area contributed by atoms with E-state index in [0.29, 0.717) is 15.0 Å². The molecule has 2 aromatic carbocycles. The molecule has 0 saturated carbocycles. The van der Waals surface area contributed by atoms with E-state index in [1.165, 1.54) is 5.01 Å². The van der Waals surface area contributed by atoms with Crippen molar-refractivity contribution in [2.24, 2.45) is 9.50 Å². The number of rotatable bonds is 4. The smallest absolute Gasteiger partial charge is 0.233 e. The van der Waals surface area contributed by atoms with Crippen LogP contribution in [0.2, 0.25) is 5.02 Å². The summed E-state index contributed by atoms with van der Waals surface area (Å²) in [5.74, 6) is -3.33. The zero-order valence-electron chi connectivity index (χ0n) is 17.7. The van der Waals surface area contributed by atoms with Gasteiger partial charge in [-0.3, -0.25) is 0 Å². The van der Waals surface area contributed by atoms with Crippen molar-refractivity contribution in [1.29, 1.82) is 0 Å². The maximum atomic E-state index is 13.8. The predicted molar refractivity (Wildman–Crippen MR) is 126 cm³/mol. The highest BCUT2D eigenvalue weighted by atomic mass is 35.5. The van der Waals surface area contributed by atoms with Gasteiger partial charge in [0.25, 0.3) is 5.92 Å². The number of amidine groups is 1. The molecule has 0 bridgehead atoms. The van der Waals surface area contributed by atoms with Gasteiger partial charge in [0.15, 0.2) is 0 Å². The number of benzene rings is 2. The number of halogens is 4. The molecule has 0 aromatic heterocycles. The average Bonchev–Trinajstić information content (AvgIpc) is 3.11. The fourth-order valence-electron chi connectivity index (χ4n) is 4.12. The minimum atomic E-state index is -4.40. The quantitative estimate of drug-likeness (QED) is 0.323. The van der Waals surface area contributed by atoms with Crippen LogP contribution < -0.4 is 0 Å². The molecular weight excluding hydrogens is 493 g/mol. The largest absolute Gasteiger partial charge is 0.325 e. The van der Waals surface area contributed by atoms with E-state index >= 15 is 0 Å². The predicted octanol–water partition coefficient (Wildman–Crippen LogP) is 5.10. The summed E-state index contributed by atoms with van der Waals surface area (Å²) in [6, 6.07) is 16.4. The van der Waals surface area contributed by atoms with Crippen LogP contribution in [0.25, 0.3) is 0 Å². The fourth-order valence-corrected chi connectivity index (χ4v) is 5.81. The van der Waals surface area contributed by atoms with E-state index in [1.54, 1.807) is 12.1 Å². The van der Waals surface area contributed by atoms with Gasteiger partial charge in [0.2, 0.25) is 5.29 Å². The minimum absolute atomic E-state index is 0.0346. The van der Waals surface area contributed by atoms with Gasteiger partial charge < -0.3 is 0 Å². The molecule has 176 valence electrons. The zero-order valence-corrected chi connectivity index (χ0v) is 20.0. The molecule has 2 aliphatic heterocycles. The zero-order chi connectivity index (χ0) is 23.8. The number of hydrazone groups is 1. The highest BCUT2D eigenvalue weighted by Crippen LogP contribution is 2.36. The highest BCUT2D eigenvalue weighted by molar-refractivity contribution is 7.88. The van der Waals surface area contributed by atoms with E-state index in [4.69, 9.17) is 23.2 Å². The molecule has 1 fully saturated rings. The third-order valence-electron chi connectivity index (χ3n) is 5.74. The molecule has 1 saturated heterocycles. The van der Waals surface area contributed by atoms with Crippen molar-refractivity contribution in [3.05, 3.63) is 70.7 Å². The molecule has 2 aromatic rings. The van der Waals surface area contributed by atoms with Crippen LogP contribution in [0.15, 0.2) is 64.1 Å². The van der Waals surface area contributed by atoms with Crippen molar-refractivity contribution in [3.63, 3.8) is 0 Å². The second kappa shape index (κ2) is 9.29. The SMILES string of the molecule is C[C@@H]1[C@H](c2ccccc2)C(c2ccc(Cl)cc2)=NN1C(Cl)=NS(=O)(=O)N1CCCC(F)(F)C1. The van der Waals surface area contributed by atoms with E-state index < -0.39 is 28.0 Å². The molecule has 0 spiro atoms. The molecule has 6 nitrogen and oxygen atoms in total. The Balaban J connectivity index is 1.70. The van der Waals surface area contributed by atoms with Crippen LogP contribution in [0.5, 0.6) is 0 Å². The topological polar surface area (TPSA) is 65.3 Å². The van der Waals surface area contributed by atoms with Crippen LogP contribution in [-0.2, 0) is 10.2 Å². The molecule has 0 unspecified atom stereocenters. The molecule has 2 aliphatic rings. The lowest BCUT2D eigenvalue weighted by molar-refractivity contribution is -0.0434. The first-order chi connectivity index (χ1) is 15.6. The summed E-state index contributed by atoms with van der Waals surface area (Å²) in [6.45, 7) is 0.904. The lowest BCUT2D eigenvalue weighted by Crippen LogP contribution is -2.45. The second-order valence-electron chi connectivity index (χ2n) is 8.10. The summed E-state index contributed by atoms with van der Waals surface area (Å²) in [6.07, 6.45) is -0.304. The molecule has 4 rings (SSSR count). The Bertz CT molecular complexity index is 1170. The Labute approximate surface area is 201 Å². The molecule has 2 atom stereocenters. The summed E-state index contributed by atoms with van der Waals surface area (Å²) < 4.78 is 57.3. The highest BCUT2D eigenvalue weighted by Gasteiger charge is 2.42. The summed E-state index contributed by atoms with van der Waals surface area (Å²) >= 11 is 12.4. The average molecular weight is 515 g/mol. The maximum Gasteiger partial charge on any atom is 0.325 e. The molecule has 11 heteroatoms. The lowest BCUT2D eigenvalue weighted by atomic mass is 9.86. The van der Waals surface area contributed by atoms with Gasteiger partial charge in [-0.1, -0.05) is 54.1 Å². The van der Waals surface area contributed by atoms with Crippen LogP contribution in [0.4, 0.5) is 8.78 Å². The van der Waals surface area contributed by atoms with E-state index in [1.807, 2.05) is 49.4 Å². The fraction of sp³-hybridized carbons (Fsp3) is 0.364. The maximum absolute atomic E-state index is 13.8. The summed E-state index contributed by atoms with van der Waals surface area (Å²) in [4.78, 5) is 0. The first kappa shape index (κ1) is 24.1. The summed E-state index contributed by atoms with van der Waals surface area (Å²) in [5.41, 5.74) is 2.43. The molecule has 0 amide bonds. The number of hydrogen-bond donors (Lipinski definition) is 0. The summed E-state index contributed by atoms with van der Waals surface area (Å²) in [7, 11) is -4.40. The number of hydrogen-bond acceptors (Lipinski definition) is 3. The standard InChI is InChI=1S/C22H22Cl2F2N4O2S/c1-15-19(16-6-3-2-4-7-16)20(17-8-10-18(23)11-9-17)27-30(15)21(24)28-33(31,32)29-13-5-12-22(25,26)14-29/h2-4,6-11,15,19H,5,12-14H2,1H3/t15-,19-/m1/s1. The van der Waals surface area contributed by atoms with Gasteiger partial charge in [-0.25, -0.2) is 13.8 Å². The monoisotopic (exact) mass is 514 g/mol. The van der Waals surface area contributed by atoms with Crippen molar-refractivity contribution < 1.29 is 17.2 Å². The van der Waals surface area contributed by atoms with Gasteiger partial charge in [0.1, 0.15) is 0 Å². The van der Waals surface area contributed by atoms with Gasteiger partial charge >= 0.3 is 10.2 Å². The summed E-state index contributed by atoms with van der Waals surface area (Å²) in [5, 5.41) is 6.09. The van der Waals surface area contributed by atoms with Crippen molar-refractivity contribution in [2.45, 2.75) is 37.6 Å². The Kier molecular flexibility index (Phi) is 6.77. The van der Waals surface area contributed by atoms with Gasteiger partial charge in [0.05, 0.1) is 24.2 Å². The van der Waals surface area contributed by atoms with E-state index in [2.05, 4.69) is 9.50 Å². The normalized spacial score (nSPS) is 24.1. The molecule has 0 aliphatic carbocycles. The van der Waals surface area contributed by atoms with Crippen LogP contribution in [0.3, 0.4) is 0 Å². The van der Waals surface area contributed by atoms with Crippen molar-refractivity contribution >= 4 is 44.4 Å². The number of piperidine rings is 1. The minimum Gasteiger partial charge on any atom is -0.233 e. The molecular formula is C22H22Cl2F2N4O2S. The van der Waals surface area contributed by atoms with Gasteiger partial charge in [-0.05, 0) is 48.2 Å².